The van der Waals surface area contributed by atoms with Gasteiger partial charge >= 0.3 is 0 Å². The van der Waals surface area contributed by atoms with Crippen molar-refractivity contribution in [2.75, 3.05) is 13.2 Å². The van der Waals surface area contributed by atoms with Crippen molar-refractivity contribution in [1.29, 1.82) is 0 Å². The van der Waals surface area contributed by atoms with Gasteiger partial charge in [0.05, 0.1) is 13.2 Å². The highest BCUT2D eigenvalue weighted by Gasteiger charge is 2.55. The summed E-state index contributed by atoms with van der Waals surface area (Å²) in [6.07, 6.45) is 5.73. The fraction of sp³-hybridized carbons (Fsp3) is 0.938. The van der Waals surface area contributed by atoms with Gasteiger partial charge in [-0.25, -0.2) is 0 Å². The van der Waals surface area contributed by atoms with Crippen LogP contribution in [0.2, 0.25) is 0 Å². The Bertz CT molecular complexity index is 497. The van der Waals surface area contributed by atoms with Crippen LogP contribution < -0.4 is 0 Å². The van der Waals surface area contributed by atoms with Gasteiger partial charge in [-0.1, -0.05) is 25.4 Å². The lowest BCUT2D eigenvalue weighted by Gasteiger charge is -2.50. The Morgan fingerprint density at radius 1 is 1.26 bits per heavy atom. The summed E-state index contributed by atoms with van der Waals surface area (Å²) in [5.74, 6) is -0.536. The number of ether oxygens (including phenoxy) is 2. The highest BCUT2D eigenvalue weighted by molar-refractivity contribution is 5.65. The van der Waals surface area contributed by atoms with E-state index < -0.39 is 17.4 Å². The average molecular weight is 326 g/mol. The van der Waals surface area contributed by atoms with E-state index in [9.17, 15) is 10.1 Å². The third-order valence-corrected chi connectivity index (χ3v) is 5.33. The van der Waals surface area contributed by atoms with Crippen LogP contribution in [0, 0.1) is 21.4 Å². The Hall–Kier alpha value is -1.21. The van der Waals surface area contributed by atoms with Crippen LogP contribution in [0.25, 0.3) is 0 Å². The van der Waals surface area contributed by atoms with Gasteiger partial charge in [0.1, 0.15) is 6.21 Å². The van der Waals surface area contributed by atoms with E-state index in [0.717, 1.165) is 25.7 Å². The molecule has 7 nitrogen and oxygen atoms in total. The van der Waals surface area contributed by atoms with E-state index in [1.807, 2.05) is 0 Å². The van der Waals surface area contributed by atoms with Gasteiger partial charge < -0.3 is 14.3 Å². The molecule has 0 radical (unpaired) electrons. The number of rotatable bonds is 3. The number of oxime groups is 1. The number of nitrogens with zero attached hydrogens (tertiary/aromatic N) is 2. The Kier molecular flexibility index (Phi) is 4.13. The highest BCUT2D eigenvalue weighted by Crippen LogP contribution is 2.47. The second kappa shape index (κ2) is 5.70. The van der Waals surface area contributed by atoms with Crippen LogP contribution in [0.3, 0.4) is 0 Å². The molecule has 3 aliphatic rings. The lowest BCUT2D eigenvalue weighted by molar-refractivity contribution is -0.521. The van der Waals surface area contributed by atoms with Crippen molar-refractivity contribution in [3.05, 3.63) is 10.1 Å². The van der Waals surface area contributed by atoms with E-state index in [-0.39, 0.29) is 16.3 Å². The van der Waals surface area contributed by atoms with Crippen molar-refractivity contribution in [3.8, 4) is 0 Å². The van der Waals surface area contributed by atoms with Gasteiger partial charge in [-0.15, -0.1) is 0 Å². The monoisotopic (exact) mass is 326 g/mol. The zero-order valence-corrected chi connectivity index (χ0v) is 14.1. The van der Waals surface area contributed by atoms with Crippen molar-refractivity contribution in [2.45, 2.75) is 70.3 Å². The first kappa shape index (κ1) is 16.6. The molecule has 23 heavy (non-hydrogen) atoms. The van der Waals surface area contributed by atoms with Gasteiger partial charge in [0.2, 0.25) is 5.60 Å². The van der Waals surface area contributed by atoms with Gasteiger partial charge in [-0.3, -0.25) is 10.1 Å². The minimum atomic E-state index is -0.932. The standard InChI is InChI=1S/C16H26N2O5/c1-14(2)10-21-16(22-11-14)7-5-4-6-12(16)8-15(3)13(18(19)20)9-17-23-15/h9,12-13H,4-8,10-11H2,1-3H3. The number of nitro groups is 1. The van der Waals surface area contributed by atoms with Crippen molar-refractivity contribution in [3.63, 3.8) is 0 Å². The molecule has 0 bridgehead atoms. The molecule has 7 heteroatoms. The second-order valence-corrected chi connectivity index (χ2v) is 8.09. The molecule has 0 amide bonds. The van der Waals surface area contributed by atoms with Crippen LogP contribution in [0.5, 0.6) is 0 Å². The van der Waals surface area contributed by atoms with E-state index in [1.165, 1.54) is 6.21 Å². The zero-order valence-electron chi connectivity index (χ0n) is 14.1. The summed E-state index contributed by atoms with van der Waals surface area (Å²) in [5, 5.41) is 15.0. The van der Waals surface area contributed by atoms with Gasteiger partial charge in [0.25, 0.3) is 6.04 Å². The summed E-state index contributed by atoms with van der Waals surface area (Å²) in [6, 6.07) is -0.915. The highest BCUT2D eigenvalue weighted by atomic mass is 16.7. The molecule has 3 unspecified atom stereocenters. The Morgan fingerprint density at radius 3 is 2.61 bits per heavy atom. The van der Waals surface area contributed by atoms with Gasteiger partial charge in [0, 0.05) is 29.1 Å². The van der Waals surface area contributed by atoms with E-state index >= 15 is 0 Å². The molecule has 2 aliphatic heterocycles. The molecule has 130 valence electrons. The van der Waals surface area contributed by atoms with Crippen LogP contribution in [0.4, 0.5) is 0 Å². The molecule has 2 fully saturated rings. The molecule has 3 atom stereocenters. The van der Waals surface area contributed by atoms with Gasteiger partial charge in [0.15, 0.2) is 5.79 Å². The minimum absolute atomic E-state index is 0.00743. The van der Waals surface area contributed by atoms with Crippen LogP contribution in [0.1, 0.15) is 52.9 Å². The normalized spacial score (nSPS) is 38.4. The quantitative estimate of drug-likeness (QED) is 0.588. The second-order valence-electron chi connectivity index (χ2n) is 8.09. The van der Waals surface area contributed by atoms with E-state index in [2.05, 4.69) is 19.0 Å². The summed E-state index contributed by atoms with van der Waals surface area (Å²) in [5.41, 5.74) is -0.925. The van der Waals surface area contributed by atoms with Crippen LogP contribution in [-0.2, 0) is 14.3 Å². The molecular weight excluding hydrogens is 300 g/mol. The fourth-order valence-electron chi connectivity index (χ4n) is 3.89. The van der Waals surface area contributed by atoms with Gasteiger partial charge in [-0.2, -0.15) is 0 Å². The maximum atomic E-state index is 11.3. The Morgan fingerprint density at radius 2 is 1.96 bits per heavy atom. The van der Waals surface area contributed by atoms with E-state index in [1.54, 1.807) is 6.92 Å². The van der Waals surface area contributed by atoms with Crippen LogP contribution >= 0.6 is 0 Å². The van der Waals surface area contributed by atoms with Crippen molar-refractivity contribution in [1.82, 2.24) is 0 Å². The molecule has 1 saturated carbocycles. The lowest BCUT2D eigenvalue weighted by Crippen LogP contribution is -2.56. The third kappa shape index (κ3) is 3.08. The molecular formula is C16H26N2O5. The molecule has 2 heterocycles. The maximum Gasteiger partial charge on any atom is 0.292 e. The van der Waals surface area contributed by atoms with Crippen LogP contribution in [-0.4, -0.2) is 41.8 Å². The number of hydrogen-bond acceptors (Lipinski definition) is 6. The van der Waals surface area contributed by atoms with Gasteiger partial charge in [-0.05, 0) is 19.8 Å². The average Bonchev–Trinajstić information content (AvgIpc) is 2.87. The number of hydrogen-bond donors (Lipinski definition) is 0. The first-order chi connectivity index (χ1) is 10.8. The minimum Gasteiger partial charge on any atom is -0.382 e. The molecule has 0 aromatic carbocycles. The topological polar surface area (TPSA) is 83.2 Å². The largest absolute Gasteiger partial charge is 0.382 e. The summed E-state index contributed by atoms with van der Waals surface area (Å²) in [6.45, 7) is 7.31. The molecule has 0 aromatic heterocycles. The lowest BCUT2D eigenvalue weighted by atomic mass is 9.74. The van der Waals surface area contributed by atoms with Crippen molar-refractivity contribution < 1.29 is 19.2 Å². The molecule has 0 N–H and O–H groups in total. The van der Waals surface area contributed by atoms with E-state index in [0.29, 0.717) is 19.6 Å². The van der Waals surface area contributed by atoms with Crippen molar-refractivity contribution >= 4 is 6.21 Å². The van der Waals surface area contributed by atoms with Crippen LogP contribution in [0.15, 0.2) is 5.16 Å². The molecule has 0 aromatic rings. The summed E-state index contributed by atoms with van der Waals surface area (Å²) in [4.78, 5) is 16.4. The molecule has 1 spiro atoms. The Balaban J connectivity index is 1.76. The summed E-state index contributed by atoms with van der Waals surface area (Å²) < 4.78 is 12.4. The summed E-state index contributed by atoms with van der Waals surface area (Å²) in [7, 11) is 0. The van der Waals surface area contributed by atoms with E-state index in [4.69, 9.17) is 14.3 Å². The SMILES string of the molecule is CC1(C)COC2(CCCCC2CC2(C)ON=CC2[N+](=O)[O-])OC1. The maximum absolute atomic E-state index is 11.3. The smallest absolute Gasteiger partial charge is 0.292 e. The summed E-state index contributed by atoms with van der Waals surface area (Å²) >= 11 is 0. The third-order valence-electron chi connectivity index (χ3n) is 5.33. The first-order valence-corrected chi connectivity index (χ1v) is 8.40. The fourth-order valence-corrected chi connectivity index (χ4v) is 3.89. The Labute approximate surface area is 136 Å². The predicted octanol–water partition coefficient (Wildman–Crippen LogP) is 2.76. The molecule has 1 aliphatic carbocycles. The molecule has 1 saturated heterocycles. The predicted molar refractivity (Wildman–Crippen MR) is 83.8 cm³/mol. The molecule has 3 rings (SSSR count). The van der Waals surface area contributed by atoms with Crippen molar-refractivity contribution in [2.24, 2.45) is 16.5 Å². The first-order valence-electron chi connectivity index (χ1n) is 8.40. The zero-order chi connectivity index (χ0) is 16.7.